The molecule has 0 aliphatic heterocycles. The Morgan fingerprint density at radius 2 is 2.05 bits per heavy atom. The van der Waals surface area contributed by atoms with Crippen LogP contribution in [0, 0.1) is 0 Å². The molecule has 112 valence electrons. The number of hydrogen-bond donors (Lipinski definition) is 1. The SMILES string of the molecule is COc1ccc(CNC(=O)C(Br)CCCCl)cc1OC. The van der Waals surface area contributed by atoms with Crippen molar-refractivity contribution in [3.8, 4) is 11.5 Å². The molecule has 0 aliphatic carbocycles. The lowest BCUT2D eigenvalue weighted by molar-refractivity contribution is -0.120. The molecule has 0 heterocycles. The van der Waals surface area contributed by atoms with Gasteiger partial charge in [-0.2, -0.15) is 0 Å². The Labute approximate surface area is 132 Å². The molecule has 1 atom stereocenters. The molecule has 1 N–H and O–H groups in total. The van der Waals surface area contributed by atoms with E-state index in [0.29, 0.717) is 23.9 Å². The molecule has 0 saturated heterocycles. The van der Waals surface area contributed by atoms with Crippen LogP contribution >= 0.6 is 27.5 Å². The van der Waals surface area contributed by atoms with Gasteiger partial charge in [0.1, 0.15) is 0 Å². The number of carbonyl (C=O) groups is 1. The Kier molecular flexibility index (Phi) is 7.77. The summed E-state index contributed by atoms with van der Waals surface area (Å²) in [5, 5.41) is 2.87. The molecule has 1 aromatic rings. The molecule has 0 aliphatic rings. The summed E-state index contributed by atoms with van der Waals surface area (Å²) in [6.45, 7) is 0.447. The maximum absolute atomic E-state index is 11.8. The van der Waals surface area contributed by atoms with E-state index >= 15 is 0 Å². The molecule has 20 heavy (non-hydrogen) atoms. The van der Waals surface area contributed by atoms with Crippen LogP contribution in [0.1, 0.15) is 18.4 Å². The van der Waals surface area contributed by atoms with Crippen LogP contribution in [0.25, 0.3) is 0 Å². The first-order valence-electron chi connectivity index (χ1n) is 6.31. The standard InChI is InChI=1S/C14H19BrClNO3/c1-19-12-6-5-10(8-13(12)20-2)9-17-14(18)11(15)4-3-7-16/h5-6,8,11H,3-4,7,9H2,1-2H3,(H,17,18). The topological polar surface area (TPSA) is 47.6 Å². The molecule has 1 aromatic carbocycles. The number of alkyl halides is 2. The number of methoxy groups -OCH3 is 2. The second kappa shape index (κ2) is 9.08. The molecule has 1 rings (SSSR count). The highest BCUT2D eigenvalue weighted by molar-refractivity contribution is 9.10. The summed E-state index contributed by atoms with van der Waals surface area (Å²) in [7, 11) is 3.17. The van der Waals surface area contributed by atoms with Gasteiger partial charge in [0.25, 0.3) is 0 Å². The van der Waals surface area contributed by atoms with Crippen molar-refractivity contribution in [2.75, 3.05) is 20.1 Å². The molecule has 1 unspecified atom stereocenters. The molecule has 1 amide bonds. The van der Waals surface area contributed by atoms with E-state index in [2.05, 4.69) is 21.2 Å². The number of benzene rings is 1. The van der Waals surface area contributed by atoms with Crippen molar-refractivity contribution in [1.82, 2.24) is 5.32 Å². The van der Waals surface area contributed by atoms with Crippen molar-refractivity contribution in [2.45, 2.75) is 24.2 Å². The third-order valence-corrected chi connectivity index (χ3v) is 3.93. The quantitative estimate of drug-likeness (QED) is 0.721. The number of rotatable bonds is 8. The number of amides is 1. The molecule has 4 nitrogen and oxygen atoms in total. The Morgan fingerprint density at radius 3 is 2.65 bits per heavy atom. The smallest absolute Gasteiger partial charge is 0.234 e. The van der Waals surface area contributed by atoms with Crippen molar-refractivity contribution in [3.05, 3.63) is 23.8 Å². The van der Waals surface area contributed by atoms with Gasteiger partial charge in [-0.25, -0.2) is 0 Å². The molecule has 0 fully saturated rings. The third kappa shape index (κ3) is 5.21. The highest BCUT2D eigenvalue weighted by atomic mass is 79.9. The van der Waals surface area contributed by atoms with Gasteiger partial charge in [-0.1, -0.05) is 22.0 Å². The lowest BCUT2D eigenvalue weighted by Crippen LogP contribution is -2.30. The zero-order chi connectivity index (χ0) is 15.0. The predicted octanol–water partition coefficient (Wildman–Crippen LogP) is 3.10. The van der Waals surface area contributed by atoms with Crippen LogP contribution in [0.2, 0.25) is 0 Å². The van der Waals surface area contributed by atoms with Crippen LogP contribution < -0.4 is 14.8 Å². The summed E-state index contributed by atoms with van der Waals surface area (Å²) in [6.07, 6.45) is 1.53. The maximum Gasteiger partial charge on any atom is 0.234 e. The highest BCUT2D eigenvalue weighted by Gasteiger charge is 2.14. The van der Waals surface area contributed by atoms with Crippen LogP contribution in [0.4, 0.5) is 0 Å². The minimum absolute atomic E-state index is 0.0371. The molecule has 0 saturated carbocycles. The normalized spacial score (nSPS) is 11.8. The first kappa shape index (κ1) is 17.1. The minimum Gasteiger partial charge on any atom is -0.493 e. The van der Waals surface area contributed by atoms with Gasteiger partial charge in [0.05, 0.1) is 19.0 Å². The first-order chi connectivity index (χ1) is 9.62. The van der Waals surface area contributed by atoms with Crippen LogP contribution in [-0.4, -0.2) is 30.8 Å². The molecule has 0 radical (unpaired) electrons. The summed E-state index contributed by atoms with van der Waals surface area (Å²) >= 11 is 8.96. The summed E-state index contributed by atoms with van der Waals surface area (Å²) < 4.78 is 10.4. The van der Waals surface area contributed by atoms with Gasteiger partial charge in [0, 0.05) is 12.4 Å². The van der Waals surface area contributed by atoms with Gasteiger partial charge >= 0.3 is 0 Å². The number of halogens is 2. The minimum atomic E-state index is -0.207. The molecule has 0 spiro atoms. The second-order valence-corrected chi connectivity index (χ2v) is 5.69. The van der Waals surface area contributed by atoms with E-state index in [1.54, 1.807) is 14.2 Å². The van der Waals surface area contributed by atoms with Crippen LogP contribution in [0.15, 0.2) is 18.2 Å². The average molecular weight is 365 g/mol. The number of hydrogen-bond acceptors (Lipinski definition) is 3. The van der Waals surface area contributed by atoms with Crippen molar-refractivity contribution in [2.24, 2.45) is 0 Å². The molecule has 0 bridgehead atoms. The first-order valence-corrected chi connectivity index (χ1v) is 7.76. The van der Waals surface area contributed by atoms with E-state index in [1.807, 2.05) is 18.2 Å². The van der Waals surface area contributed by atoms with Gasteiger partial charge in [-0.3, -0.25) is 4.79 Å². The van der Waals surface area contributed by atoms with E-state index in [-0.39, 0.29) is 10.7 Å². The van der Waals surface area contributed by atoms with E-state index in [9.17, 15) is 4.79 Å². The molecule has 6 heteroatoms. The van der Waals surface area contributed by atoms with Gasteiger partial charge < -0.3 is 14.8 Å². The van der Waals surface area contributed by atoms with Crippen molar-refractivity contribution in [3.63, 3.8) is 0 Å². The molecular weight excluding hydrogens is 346 g/mol. The lowest BCUT2D eigenvalue weighted by atomic mass is 10.2. The number of carbonyl (C=O) groups excluding carboxylic acids is 1. The third-order valence-electron chi connectivity index (χ3n) is 2.79. The summed E-state index contributed by atoms with van der Waals surface area (Å²) in [5.74, 6) is 1.84. The monoisotopic (exact) mass is 363 g/mol. The number of ether oxygens (including phenoxy) is 2. The van der Waals surface area contributed by atoms with Crippen LogP contribution in [0.5, 0.6) is 11.5 Å². The van der Waals surface area contributed by atoms with E-state index in [0.717, 1.165) is 18.4 Å². The maximum atomic E-state index is 11.8. The highest BCUT2D eigenvalue weighted by Crippen LogP contribution is 2.27. The van der Waals surface area contributed by atoms with Crippen LogP contribution in [-0.2, 0) is 11.3 Å². The zero-order valence-corrected chi connectivity index (χ0v) is 14.0. The van der Waals surface area contributed by atoms with Crippen molar-refractivity contribution >= 4 is 33.4 Å². The Bertz CT molecular complexity index is 442. The Hall–Kier alpha value is -0.940. The second-order valence-electron chi connectivity index (χ2n) is 4.21. The van der Waals surface area contributed by atoms with Crippen molar-refractivity contribution < 1.29 is 14.3 Å². The lowest BCUT2D eigenvalue weighted by Gasteiger charge is -2.12. The van der Waals surface area contributed by atoms with Gasteiger partial charge in [-0.15, -0.1) is 11.6 Å². The Balaban J connectivity index is 2.55. The van der Waals surface area contributed by atoms with Gasteiger partial charge in [-0.05, 0) is 30.5 Å². The number of nitrogens with one attached hydrogen (secondary N) is 1. The summed E-state index contributed by atoms with van der Waals surface area (Å²) in [5.41, 5.74) is 0.952. The van der Waals surface area contributed by atoms with Gasteiger partial charge in [0.15, 0.2) is 11.5 Å². The Morgan fingerprint density at radius 1 is 1.35 bits per heavy atom. The van der Waals surface area contributed by atoms with Crippen molar-refractivity contribution in [1.29, 1.82) is 0 Å². The summed E-state index contributed by atoms with van der Waals surface area (Å²) in [4.78, 5) is 11.6. The van der Waals surface area contributed by atoms with E-state index in [4.69, 9.17) is 21.1 Å². The zero-order valence-electron chi connectivity index (χ0n) is 11.6. The fraction of sp³-hybridized carbons (Fsp3) is 0.500. The molecule has 0 aromatic heterocycles. The van der Waals surface area contributed by atoms with Crippen LogP contribution in [0.3, 0.4) is 0 Å². The largest absolute Gasteiger partial charge is 0.493 e. The van der Waals surface area contributed by atoms with Gasteiger partial charge in [0.2, 0.25) is 5.91 Å². The fourth-order valence-electron chi connectivity index (χ4n) is 1.68. The van der Waals surface area contributed by atoms with E-state index < -0.39 is 0 Å². The fourth-order valence-corrected chi connectivity index (χ4v) is 2.32. The molecular formula is C14H19BrClNO3. The predicted molar refractivity (Wildman–Crippen MR) is 84.1 cm³/mol. The van der Waals surface area contributed by atoms with E-state index in [1.165, 1.54) is 0 Å². The average Bonchev–Trinajstić information content (AvgIpc) is 2.49. The summed E-state index contributed by atoms with van der Waals surface area (Å²) in [6, 6.07) is 5.56.